The second kappa shape index (κ2) is 12.9. The Bertz CT molecular complexity index is 988. The van der Waals surface area contributed by atoms with Crippen LogP contribution in [0.2, 0.25) is 0 Å². The van der Waals surface area contributed by atoms with Crippen LogP contribution in [0.4, 0.5) is 13.2 Å². The highest BCUT2D eigenvalue weighted by atomic mass is 32.2. The minimum atomic E-state index is -5.71. The molecule has 0 radical (unpaired) electrons. The van der Waals surface area contributed by atoms with Crippen LogP contribution in [0.25, 0.3) is 10.8 Å². The van der Waals surface area contributed by atoms with Gasteiger partial charge in [0.2, 0.25) is 0 Å². The quantitative estimate of drug-likeness (QED) is 0.112. The summed E-state index contributed by atoms with van der Waals surface area (Å²) >= 11 is 1.15. The zero-order valence-electron chi connectivity index (χ0n) is 19.7. The number of alkyl halides is 3. The number of hydrogen-bond acceptors (Lipinski definition) is 4. The summed E-state index contributed by atoms with van der Waals surface area (Å²) in [6.45, 7) is 4.42. The molecule has 0 heterocycles. The van der Waals surface area contributed by atoms with Gasteiger partial charge in [0.05, 0.1) is 4.90 Å². The molecule has 0 aliphatic carbocycles. The topological polar surface area (TPSA) is 43.4 Å². The molecule has 0 bridgehead atoms. The predicted octanol–water partition coefficient (Wildman–Crippen LogP) is 8.81. The van der Waals surface area contributed by atoms with E-state index in [2.05, 4.69) is 18.0 Å². The Morgan fingerprint density at radius 2 is 1.52 bits per heavy atom. The summed E-state index contributed by atoms with van der Waals surface area (Å²) in [4.78, 5) is 0.346. The van der Waals surface area contributed by atoms with Crippen LogP contribution in [0.1, 0.15) is 89.5 Å². The number of fused-ring (bicyclic) bond motifs is 1. The molecule has 33 heavy (non-hydrogen) atoms. The van der Waals surface area contributed by atoms with Gasteiger partial charge in [0, 0.05) is 0 Å². The van der Waals surface area contributed by atoms with Crippen molar-refractivity contribution in [1.29, 1.82) is 0 Å². The Kier molecular flexibility index (Phi) is 10.9. The standard InChI is InChI=1S/C25H35F3O3S2/c1-4-5-6-7-8-9-10-11-12-13-19(2)20-14-15-21-17-23(24(32-3)18-22(21)16-20)31-33(29,30)25(26,27)28/h14-19H,4-13H2,1-3H3. The third-order valence-electron chi connectivity index (χ3n) is 5.94. The Morgan fingerprint density at radius 1 is 0.909 bits per heavy atom. The number of halogens is 3. The Morgan fingerprint density at radius 3 is 2.09 bits per heavy atom. The molecule has 1 atom stereocenters. The van der Waals surface area contributed by atoms with Gasteiger partial charge in [-0.15, -0.1) is 11.8 Å². The van der Waals surface area contributed by atoms with Gasteiger partial charge in [0.15, 0.2) is 5.75 Å². The van der Waals surface area contributed by atoms with Crippen molar-refractivity contribution in [2.45, 2.75) is 94.4 Å². The third-order valence-corrected chi connectivity index (χ3v) is 7.66. The maximum Gasteiger partial charge on any atom is 0.534 e. The second-order valence-electron chi connectivity index (χ2n) is 8.61. The van der Waals surface area contributed by atoms with E-state index >= 15 is 0 Å². The third kappa shape index (κ3) is 8.39. The zero-order valence-corrected chi connectivity index (χ0v) is 21.3. The zero-order chi connectivity index (χ0) is 24.5. The Labute approximate surface area is 200 Å². The first-order chi connectivity index (χ1) is 15.6. The summed E-state index contributed by atoms with van der Waals surface area (Å²) in [5, 5.41) is 1.49. The van der Waals surface area contributed by atoms with Crippen molar-refractivity contribution in [2.75, 3.05) is 6.26 Å². The van der Waals surface area contributed by atoms with Gasteiger partial charge in [-0.05, 0) is 47.1 Å². The molecule has 0 saturated heterocycles. The maximum absolute atomic E-state index is 12.7. The van der Waals surface area contributed by atoms with Crippen molar-refractivity contribution in [2.24, 2.45) is 0 Å². The normalized spacial score (nSPS) is 13.4. The SMILES string of the molecule is CCCCCCCCCCCC(C)c1ccc2cc(OS(=O)(=O)C(F)(F)F)c(SC)cc2c1. The first-order valence-electron chi connectivity index (χ1n) is 11.7. The van der Waals surface area contributed by atoms with Crippen molar-refractivity contribution in [3.8, 4) is 5.75 Å². The number of thioether (sulfide) groups is 1. The number of benzene rings is 2. The molecule has 0 amide bonds. The van der Waals surface area contributed by atoms with E-state index in [-0.39, 0.29) is 5.75 Å². The average molecular weight is 505 g/mol. The van der Waals surface area contributed by atoms with Crippen LogP contribution < -0.4 is 4.18 Å². The van der Waals surface area contributed by atoms with Crippen LogP contribution in [-0.2, 0) is 10.1 Å². The first-order valence-corrected chi connectivity index (χ1v) is 14.3. The molecule has 3 nitrogen and oxygen atoms in total. The summed E-state index contributed by atoms with van der Waals surface area (Å²) < 4.78 is 65.5. The highest BCUT2D eigenvalue weighted by molar-refractivity contribution is 7.98. The molecular weight excluding hydrogens is 469 g/mol. The molecule has 2 aromatic carbocycles. The molecule has 0 aliphatic heterocycles. The van der Waals surface area contributed by atoms with Crippen molar-refractivity contribution in [3.05, 3.63) is 35.9 Å². The molecule has 2 rings (SSSR count). The van der Waals surface area contributed by atoms with Crippen LogP contribution in [0, 0.1) is 0 Å². The number of rotatable bonds is 14. The van der Waals surface area contributed by atoms with Crippen LogP contribution in [0.3, 0.4) is 0 Å². The monoisotopic (exact) mass is 504 g/mol. The highest BCUT2D eigenvalue weighted by Crippen LogP contribution is 2.37. The molecule has 2 aromatic rings. The van der Waals surface area contributed by atoms with E-state index in [1.807, 2.05) is 18.2 Å². The largest absolute Gasteiger partial charge is 0.534 e. The van der Waals surface area contributed by atoms with E-state index in [4.69, 9.17) is 0 Å². The van der Waals surface area contributed by atoms with Gasteiger partial charge >= 0.3 is 15.6 Å². The summed E-state index contributed by atoms with van der Waals surface area (Å²) in [5.41, 5.74) is -4.29. The molecule has 0 aliphatic rings. The lowest BCUT2D eigenvalue weighted by molar-refractivity contribution is -0.0500. The van der Waals surface area contributed by atoms with Gasteiger partial charge in [-0.2, -0.15) is 21.6 Å². The smallest absolute Gasteiger partial charge is 0.375 e. The highest BCUT2D eigenvalue weighted by Gasteiger charge is 2.48. The molecule has 0 spiro atoms. The molecule has 0 aromatic heterocycles. The second-order valence-corrected chi connectivity index (χ2v) is 11.0. The van der Waals surface area contributed by atoms with E-state index < -0.39 is 15.6 Å². The fourth-order valence-electron chi connectivity index (χ4n) is 3.90. The van der Waals surface area contributed by atoms with Crippen LogP contribution in [0.15, 0.2) is 35.2 Å². The average Bonchev–Trinajstić information content (AvgIpc) is 2.76. The number of unbranched alkanes of at least 4 members (excludes halogenated alkanes) is 8. The van der Waals surface area contributed by atoms with Gasteiger partial charge in [-0.25, -0.2) is 0 Å². The fourth-order valence-corrected chi connectivity index (χ4v) is 4.97. The molecule has 8 heteroatoms. The number of hydrogen-bond donors (Lipinski definition) is 0. The lowest BCUT2D eigenvalue weighted by Crippen LogP contribution is -2.28. The minimum absolute atomic E-state index is 0.303. The molecule has 1 unspecified atom stereocenters. The molecule has 0 saturated carbocycles. The molecular formula is C25H35F3O3S2. The summed E-state index contributed by atoms with van der Waals surface area (Å²) in [6.07, 6.45) is 14.4. The first kappa shape index (κ1) is 27.8. The van der Waals surface area contributed by atoms with E-state index in [1.165, 1.54) is 69.4 Å². The Balaban J connectivity index is 1.98. The van der Waals surface area contributed by atoms with Crippen LogP contribution >= 0.6 is 11.8 Å². The van der Waals surface area contributed by atoms with Crippen LogP contribution in [-0.4, -0.2) is 20.2 Å². The Hall–Kier alpha value is -1.41. The minimum Gasteiger partial charge on any atom is -0.375 e. The summed E-state index contributed by atoms with van der Waals surface area (Å²) in [7, 11) is -5.71. The van der Waals surface area contributed by atoms with Gasteiger partial charge < -0.3 is 4.18 Å². The van der Waals surface area contributed by atoms with E-state index in [0.717, 1.165) is 23.6 Å². The van der Waals surface area contributed by atoms with Crippen molar-refractivity contribution < 1.29 is 25.8 Å². The maximum atomic E-state index is 12.7. The lowest BCUT2D eigenvalue weighted by atomic mass is 9.93. The summed E-state index contributed by atoms with van der Waals surface area (Å²) in [6, 6.07) is 8.86. The van der Waals surface area contributed by atoms with E-state index in [1.54, 1.807) is 12.3 Å². The van der Waals surface area contributed by atoms with Crippen molar-refractivity contribution in [3.63, 3.8) is 0 Å². The van der Waals surface area contributed by atoms with Crippen LogP contribution in [0.5, 0.6) is 5.75 Å². The van der Waals surface area contributed by atoms with Gasteiger partial charge in [-0.3, -0.25) is 0 Å². The fraction of sp³-hybridized carbons (Fsp3) is 0.600. The molecule has 186 valence electrons. The van der Waals surface area contributed by atoms with Gasteiger partial charge in [-0.1, -0.05) is 89.8 Å². The van der Waals surface area contributed by atoms with Crippen molar-refractivity contribution >= 4 is 32.7 Å². The van der Waals surface area contributed by atoms with Crippen molar-refractivity contribution in [1.82, 2.24) is 0 Å². The van der Waals surface area contributed by atoms with Gasteiger partial charge in [0.25, 0.3) is 0 Å². The van der Waals surface area contributed by atoms with E-state index in [0.29, 0.717) is 16.2 Å². The van der Waals surface area contributed by atoms with E-state index in [9.17, 15) is 21.6 Å². The lowest BCUT2D eigenvalue weighted by Gasteiger charge is -2.15. The summed E-state index contributed by atoms with van der Waals surface area (Å²) in [5.74, 6) is 0.0704. The predicted molar refractivity (Wildman–Crippen MR) is 132 cm³/mol. The van der Waals surface area contributed by atoms with Gasteiger partial charge in [0.1, 0.15) is 0 Å². The molecule has 0 fully saturated rings. The molecule has 0 N–H and O–H groups in total.